The van der Waals surface area contributed by atoms with Gasteiger partial charge in [-0.2, -0.15) is 0 Å². The largest absolute Gasteiger partial charge is 0.497 e. The molecule has 0 spiro atoms. The molecule has 1 aromatic heterocycles. The van der Waals surface area contributed by atoms with Crippen molar-refractivity contribution in [3.05, 3.63) is 78.5 Å². The van der Waals surface area contributed by atoms with E-state index in [-0.39, 0.29) is 6.03 Å². The lowest BCUT2D eigenvalue weighted by Crippen LogP contribution is -2.35. The minimum atomic E-state index is -0.143. The van der Waals surface area contributed by atoms with Crippen LogP contribution in [0.25, 0.3) is 0 Å². The van der Waals surface area contributed by atoms with Crippen LogP contribution in [0.15, 0.2) is 72.9 Å². The summed E-state index contributed by atoms with van der Waals surface area (Å²) in [6.45, 7) is 2.01. The molecule has 2 amide bonds. The molecule has 0 saturated carbocycles. The van der Waals surface area contributed by atoms with Crippen LogP contribution >= 0.6 is 0 Å². The summed E-state index contributed by atoms with van der Waals surface area (Å²) in [4.78, 5) is 19.3. The van der Waals surface area contributed by atoms with Crippen molar-refractivity contribution in [3.63, 3.8) is 0 Å². The van der Waals surface area contributed by atoms with Crippen LogP contribution in [-0.4, -0.2) is 43.2 Å². The van der Waals surface area contributed by atoms with Gasteiger partial charge < -0.3 is 25.0 Å². The first-order valence-corrected chi connectivity index (χ1v) is 11.7. The number of hydrogen-bond acceptors (Lipinski definition) is 5. The predicted molar refractivity (Wildman–Crippen MR) is 137 cm³/mol. The summed E-state index contributed by atoms with van der Waals surface area (Å²) in [5, 5.41) is 6.34. The summed E-state index contributed by atoms with van der Waals surface area (Å²) in [6, 6.07) is 20.9. The van der Waals surface area contributed by atoms with Gasteiger partial charge in [0.15, 0.2) is 0 Å². The lowest BCUT2D eigenvalue weighted by Gasteiger charge is -2.24. The number of amides is 2. The highest BCUT2D eigenvalue weighted by Gasteiger charge is 2.16. The van der Waals surface area contributed by atoms with E-state index >= 15 is 0 Å². The Bertz CT molecular complexity index is 1010. The van der Waals surface area contributed by atoms with Crippen molar-refractivity contribution in [1.82, 2.24) is 9.88 Å². The molecule has 7 nitrogen and oxygen atoms in total. The average molecular weight is 463 g/mol. The van der Waals surface area contributed by atoms with Crippen molar-refractivity contribution in [2.24, 2.45) is 0 Å². The molecule has 3 aromatic rings. The number of carbonyl (C=O) groups is 1. The van der Waals surface area contributed by atoms with Crippen LogP contribution in [0.4, 0.5) is 16.3 Å². The number of para-hydroxylation sites is 1. The Kier molecular flexibility index (Phi) is 10.1. The zero-order chi connectivity index (χ0) is 24.0. The van der Waals surface area contributed by atoms with Crippen LogP contribution in [0.2, 0.25) is 0 Å². The van der Waals surface area contributed by atoms with Gasteiger partial charge in [-0.1, -0.05) is 43.2 Å². The highest BCUT2D eigenvalue weighted by Crippen LogP contribution is 2.21. The van der Waals surface area contributed by atoms with Gasteiger partial charge in [-0.3, -0.25) is 0 Å². The third-order valence-electron chi connectivity index (χ3n) is 5.49. The smallest absolute Gasteiger partial charge is 0.322 e. The highest BCUT2D eigenvalue weighted by molar-refractivity contribution is 5.89. The zero-order valence-electron chi connectivity index (χ0n) is 20.0. The second-order valence-corrected chi connectivity index (χ2v) is 7.95. The second kappa shape index (κ2) is 13.7. The molecule has 180 valence electrons. The van der Waals surface area contributed by atoms with Crippen LogP contribution in [0.3, 0.4) is 0 Å². The van der Waals surface area contributed by atoms with E-state index in [0.29, 0.717) is 24.5 Å². The molecule has 1 heterocycles. The van der Waals surface area contributed by atoms with Crippen molar-refractivity contribution in [1.29, 1.82) is 0 Å². The number of rotatable bonds is 13. The SMILES string of the molecule is COc1cccc(NC(=O)N(CCCCCCNc2ccccn2)Cc2ccccc2OC)c1. The predicted octanol–water partition coefficient (Wildman–Crippen LogP) is 5.81. The zero-order valence-corrected chi connectivity index (χ0v) is 20.0. The molecule has 0 saturated heterocycles. The van der Waals surface area contributed by atoms with Crippen LogP contribution < -0.4 is 20.1 Å². The van der Waals surface area contributed by atoms with Gasteiger partial charge in [0.2, 0.25) is 0 Å². The number of hydrogen-bond donors (Lipinski definition) is 2. The van der Waals surface area contributed by atoms with Crippen molar-refractivity contribution >= 4 is 17.5 Å². The lowest BCUT2D eigenvalue weighted by molar-refractivity contribution is 0.207. The molecule has 34 heavy (non-hydrogen) atoms. The van der Waals surface area contributed by atoms with Gasteiger partial charge in [-0.15, -0.1) is 0 Å². The summed E-state index contributed by atoms with van der Waals surface area (Å²) in [6.07, 6.45) is 5.89. The maximum atomic E-state index is 13.2. The Balaban J connectivity index is 1.53. The standard InChI is InChI=1S/C27H34N4O3/c1-33-24-14-11-13-23(20-24)30-27(32)31(21-22-12-5-6-15-25(22)34-2)19-10-4-3-8-17-28-26-16-7-9-18-29-26/h5-7,9,11-16,18,20H,3-4,8,10,17,19,21H2,1-2H3,(H,28,29)(H,30,32). The maximum Gasteiger partial charge on any atom is 0.322 e. The highest BCUT2D eigenvalue weighted by atomic mass is 16.5. The van der Waals surface area contributed by atoms with Crippen molar-refractivity contribution in [2.75, 3.05) is 37.9 Å². The van der Waals surface area contributed by atoms with Gasteiger partial charge in [0.1, 0.15) is 17.3 Å². The number of methoxy groups -OCH3 is 2. The number of pyridine rings is 1. The van der Waals surface area contributed by atoms with E-state index in [1.54, 1.807) is 20.4 Å². The molecule has 0 unspecified atom stereocenters. The van der Waals surface area contributed by atoms with Gasteiger partial charge in [-0.25, -0.2) is 9.78 Å². The van der Waals surface area contributed by atoms with Crippen LogP contribution in [0, 0.1) is 0 Å². The topological polar surface area (TPSA) is 75.7 Å². The van der Waals surface area contributed by atoms with Crippen molar-refractivity contribution in [3.8, 4) is 11.5 Å². The fraction of sp³-hybridized carbons (Fsp3) is 0.333. The number of urea groups is 1. The first-order chi connectivity index (χ1) is 16.7. The minimum absolute atomic E-state index is 0.143. The Morgan fingerprint density at radius 1 is 0.912 bits per heavy atom. The average Bonchev–Trinajstić information content (AvgIpc) is 2.88. The fourth-order valence-corrected chi connectivity index (χ4v) is 3.66. The third-order valence-corrected chi connectivity index (χ3v) is 5.49. The van der Waals surface area contributed by atoms with E-state index in [4.69, 9.17) is 9.47 Å². The van der Waals surface area contributed by atoms with Gasteiger partial charge in [0.25, 0.3) is 0 Å². The van der Waals surface area contributed by atoms with Crippen LogP contribution in [-0.2, 0) is 6.54 Å². The van der Waals surface area contributed by atoms with E-state index in [0.717, 1.165) is 49.4 Å². The number of aromatic nitrogens is 1. The maximum absolute atomic E-state index is 13.2. The summed E-state index contributed by atoms with van der Waals surface area (Å²) >= 11 is 0. The molecular formula is C27H34N4O3. The molecule has 3 rings (SSSR count). The molecule has 0 bridgehead atoms. The molecule has 0 aliphatic carbocycles. The number of carbonyl (C=O) groups excluding carboxylic acids is 1. The van der Waals surface area contributed by atoms with Gasteiger partial charge in [-0.05, 0) is 43.2 Å². The van der Waals surface area contributed by atoms with E-state index in [1.807, 2.05) is 71.6 Å². The lowest BCUT2D eigenvalue weighted by atomic mass is 10.1. The second-order valence-electron chi connectivity index (χ2n) is 7.95. The number of anilines is 2. The van der Waals surface area contributed by atoms with E-state index in [9.17, 15) is 4.79 Å². The molecule has 7 heteroatoms. The van der Waals surface area contributed by atoms with Crippen molar-refractivity contribution < 1.29 is 14.3 Å². The van der Waals surface area contributed by atoms with Crippen LogP contribution in [0.1, 0.15) is 31.2 Å². The number of unbranched alkanes of at least 4 members (excludes halogenated alkanes) is 3. The molecule has 0 radical (unpaired) electrons. The number of benzene rings is 2. The summed E-state index contributed by atoms with van der Waals surface area (Å²) in [5.41, 5.74) is 1.68. The molecule has 0 atom stereocenters. The molecule has 0 fully saturated rings. The van der Waals surface area contributed by atoms with Crippen molar-refractivity contribution in [2.45, 2.75) is 32.2 Å². The van der Waals surface area contributed by atoms with Gasteiger partial charge >= 0.3 is 6.03 Å². The quantitative estimate of drug-likeness (QED) is 0.314. The Labute approximate surface area is 202 Å². The fourth-order valence-electron chi connectivity index (χ4n) is 3.66. The van der Waals surface area contributed by atoms with Crippen LogP contribution in [0.5, 0.6) is 11.5 Å². The van der Waals surface area contributed by atoms with Gasteiger partial charge in [0.05, 0.1) is 20.8 Å². The number of nitrogens with zero attached hydrogens (tertiary/aromatic N) is 2. The summed E-state index contributed by atoms with van der Waals surface area (Å²) in [5.74, 6) is 2.38. The summed E-state index contributed by atoms with van der Waals surface area (Å²) < 4.78 is 10.8. The monoisotopic (exact) mass is 462 g/mol. The first-order valence-electron chi connectivity index (χ1n) is 11.7. The normalized spacial score (nSPS) is 10.4. The third kappa shape index (κ3) is 7.99. The number of nitrogens with one attached hydrogen (secondary N) is 2. The van der Waals surface area contributed by atoms with E-state index in [1.165, 1.54) is 0 Å². The molecule has 2 N–H and O–H groups in total. The Hall–Kier alpha value is -3.74. The summed E-state index contributed by atoms with van der Waals surface area (Å²) in [7, 11) is 3.26. The van der Waals surface area contributed by atoms with E-state index < -0.39 is 0 Å². The minimum Gasteiger partial charge on any atom is -0.497 e. The molecule has 0 aliphatic rings. The molecular weight excluding hydrogens is 428 g/mol. The molecule has 0 aliphatic heterocycles. The number of ether oxygens (including phenoxy) is 2. The van der Waals surface area contributed by atoms with E-state index in [2.05, 4.69) is 15.6 Å². The Morgan fingerprint density at radius 2 is 1.74 bits per heavy atom. The first kappa shape index (κ1) is 24.9. The Morgan fingerprint density at radius 3 is 2.53 bits per heavy atom. The molecule has 2 aromatic carbocycles. The van der Waals surface area contributed by atoms with Gasteiger partial charge in [0, 0.05) is 36.6 Å².